The second-order valence-electron chi connectivity index (χ2n) is 7.54. The highest BCUT2D eigenvalue weighted by Crippen LogP contribution is 2.20. The average molecular weight is 454 g/mol. The number of aromatic amines is 1. The Kier molecular flexibility index (Phi) is 6.08. The minimum atomic E-state index is 0.465. The van der Waals surface area contributed by atoms with E-state index >= 15 is 0 Å². The number of aromatic nitrogens is 5. The van der Waals surface area contributed by atoms with E-state index in [9.17, 15) is 0 Å². The van der Waals surface area contributed by atoms with Crippen LogP contribution in [0.4, 0.5) is 0 Å². The molecule has 0 aliphatic carbocycles. The lowest BCUT2D eigenvalue weighted by atomic mass is 10.1. The number of ether oxygens (including phenoxy) is 1. The van der Waals surface area contributed by atoms with Gasteiger partial charge in [-0.1, -0.05) is 71.4 Å². The summed E-state index contributed by atoms with van der Waals surface area (Å²) in [5.41, 5.74) is 5.03. The molecule has 2 aromatic heterocycles. The van der Waals surface area contributed by atoms with Crippen LogP contribution < -0.4 is 4.74 Å². The standard InChI is InChI=1S/C26H20ClN5O/c27-22-10-8-19-9-12-23(28-25(19)16-22)11-5-18-6-13-24(14-7-18)33-17-21-4-2-1-3-20(21)15-26-29-31-32-30-26/h1-14,16H,15,17H2,(H,29,30,31,32). The lowest BCUT2D eigenvalue weighted by molar-refractivity contribution is 0.305. The van der Waals surface area contributed by atoms with Crippen LogP contribution in [0.5, 0.6) is 5.75 Å². The van der Waals surface area contributed by atoms with Crippen LogP contribution >= 0.6 is 11.6 Å². The maximum absolute atomic E-state index is 6.08. The van der Waals surface area contributed by atoms with Gasteiger partial charge in [-0.25, -0.2) is 4.98 Å². The molecule has 0 bridgehead atoms. The molecule has 7 heteroatoms. The topological polar surface area (TPSA) is 76.6 Å². The summed E-state index contributed by atoms with van der Waals surface area (Å²) < 4.78 is 6.02. The van der Waals surface area contributed by atoms with Crippen molar-refractivity contribution in [3.05, 3.63) is 112 Å². The van der Waals surface area contributed by atoms with Crippen LogP contribution in [0.15, 0.2) is 78.9 Å². The summed E-state index contributed by atoms with van der Waals surface area (Å²) in [7, 11) is 0. The Hall–Kier alpha value is -4.03. The number of hydrogen-bond donors (Lipinski definition) is 1. The maximum atomic E-state index is 6.08. The van der Waals surface area contributed by atoms with Crippen LogP contribution in [-0.4, -0.2) is 25.6 Å². The maximum Gasteiger partial charge on any atom is 0.178 e. The first kappa shape index (κ1) is 20.8. The van der Waals surface area contributed by atoms with Crippen molar-refractivity contribution in [2.45, 2.75) is 13.0 Å². The number of fused-ring (bicyclic) bond motifs is 1. The Labute approximate surface area is 195 Å². The van der Waals surface area contributed by atoms with Crippen LogP contribution in [0, 0.1) is 0 Å². The third-order valence-electron chi connectivity index (χ3n) is 5.25. The minimum absolute atomic E-state index is 0.465. The Bertz CT molecular complexity index is 1400. The Morgan fingerprint density at radius 2 is 1.70 bits per heavy atom. The number of nitrogens with one attached hydrogen (secondary N) is 1. The first-order valence-electron chi connectivity index (χ1n) is 10.5. The molecule has 0 fully saturated rings. The lowest BCUT2D eigenvalue weighted by Gasteiger charge is -2.10. The number of rotatable bonds is 7. The second kappa shape index (κ2) is 9.63. The van der Waals surface area contributed by atoms with E-state index in [1.165, 1.54) is 0 Å². The number of benzene rings is 3. The van der Waals surface area contributed by atoms with Gasteiger partial charge in [-0.05, 0) is 53.1 Å². The molecule has 5 aromatic rings. The van der Waals surface area contributed by atoms with Crippen LogP contribution in [0.1, 0.15) is 28.2 Å². The molecule has 2 heterocycles. The number of nitrogens with zero attached hydrogens (tertiary/aromatic N) is 4. The van der Waals surface area contributed by atoms with E-state index in [0.29, 0.717) is 23.9 Å². The summed E-state index contributed by atoms with van der Waals surface area (Å²) in [6, 6.07) is 25.8. The zero-order chi connectivity index (χ0) is 22.5. The molecule has 162 valence electrons. The third kappa shape index (κ3) is 5.25. The van der Waals surface area contributed by atoms with E-state index in [-0.39, 0.29) is 0 Å². The number of tetrazole rings is 1. The fraction of sp³-hybridized carbons (Fsp3) is 0.0769. The summed E-state index contributed by atoms with van der Waals surface area (Å²) >= 11 is 6.08. The molecular weight excluding hydrogens is 434 g/mol. The molecule has 0 amide bonds. The Morgan fingerprint density at radius 3 is 2.52 bits per heavy atom. The monoisotopic (exact) mass is 453 g/mol. The summed E-state index contributed by atoms with van der Waals surface area (Å²) in [6.45, 7) is 0.465. The van der Waals surface area contributed by atoms with Gasteiger partial charge >= 0.3 is 0 Å². The molecule has 0 aliphatic heterocycles. The van der Waals surface area contributed by atoms with Crippen LogP contribution in [-0.2, 0) is 13.0 Å². The lowest BCUT2D eigenvalue weighted by Crippen LogP contribution is -2.02. The van der Waals surface area contributed by atoms with Crippen molar-refractivity contribution in [3.63, 3.8) is 0 Å². The van der Waals surface area contributed by atoms with Crippen LogP contribution in [0.25, 0.3) is 23.1 Å². The summed E-state index contributed by atoms with van der Waals surface area (Å²) in [5.74, 6) is 1.46. The number of halogens is 1. The van der Waals surface area contributed by atoms with Gasteiger partial charge in [0.1, 0.15) is 12.4 Å². The van der Waals surface area contributed by atoms with E-state index in [1.807, 2.05) is 78.9 Å². The van der Waals surface area contributed by atoms with E-state index in [4.69, 9.17) is 16.3 Å². The van der Waals surface area contributed by atoms with Gasteiger partial charge in [0.05, 0.1) is 11.2 Å². The highest BCUT2D eigenvalue weighted by molar-refractivity contribution is 6.31. The smallest absolute Gasteiger partial charge is 0.178 e. The van der Waals surface area contributed by atoms with Gasteiger partial charge < -0.3 is 4.74 Å². The number of pyridine rings is 1. The largest absolute Gasteiger partial charge is 0.489 e. The average Bonchev–Trinajstić information content (AvgIpc) is 3.36. The van der Waals surface area contributed by atoms with Gasteiger partial charge in [0.15, 0.2) is 5.82 Å². The Morgan fingerprint density at radius 1 is 0.879 bits per heavy atom. The van der Waals surface area contributed by atoms with Crippen molar-refractivity contribution in [2.24, 2.45) is 0 Å². The minimum Gasteiger partial charge on any atom is -0.489 e. The fourth-order valence-electron chi connectivity index (χ4n) is 3.52. The third-order valence-corrected chi connectivity index (χ3v) is 5.49. The molecule has 3 aromatic carbocycles. The highest BCUT2D eigenvalue weighted by Gasteiger charge is 2.07. The molecule has 5 rings (SSSR count). The van der Waals surface area contributed by atoms with E-state index in [0.717, 1.165) is 39.0 Å². The molecular formula is C26H20ClN5O. The van der Waals surface area contributed by atoms with Gasteiger partial charge in [-0.15, -0.1) is 10.2 Å². The van der Waals surface area contributed by atoms with E-state index in [1.54, 1.807) is 0 Å². The van der Waals surface area contributed by atoms with Gasteiger partial charge in [0.25, 0.3) is 0 Å². The molecule has 1 N–H and O–H groups in total. The molecule has 0 unspecified atom stereocenters. The normalized spacial score (nSPS) is 11.3. The summed E-state index contributed by atoms with van der Waals surface area (Å²) in [6.07, 6.45) is 4.63. The van der Waals surface area contributed by atoms with E-state index in [2.05, 4.69) is 37.7 Å². The van der Waals surface area contributed by atoms with Crippen molar-refractivity contribution >= 4 is 34.7 Å². The fourth-order valence-corrected chi connectivity index (χ4v) is 3.68. The van der Waals surface area contributed by atoms with Crippen LogP contribution in [0.3, 0.4) is 0 Å². The predicted octanol–water partition coefficient (Wildman–Crippen LogP) is 5.74. The molecule has 0 aliphatic rings. The molecule has 0 spiro atoms. The van der Waals surface area contributed by atoms with Crippen molar-refractivity contribution in [3.8, 4) is 5.75 Å². The molecule has 6 nitrogen and oxygen atoms in total. The quantitative estimate of drug-likeness (QED) is 0.340. The first-order chi connectivity index (χ1) is 16.2. The van der Waals surface area contributed by atoms with Gasteiger partial charge in [-0.2, -0.15) is 5.21 Å². The molecule has 0 saturated carbocycles. The van der Waals surface area contributed by atoms with Crippen molar-refractivity contribution in [1.82, 2.24) is 25.6 Å². The van der Waals surface area contributed by atoms with Gasteiger partial charge in [0.2, 0.25) is 0 Å². The molecule has 0 saturated heterocycles. The van der Waals surface area contributed by atoms with Gasteiger partial charge in [0, 0.05) is 16.8 Å². The first-order valence-corrected chi connectivity index (χ1v) is 10.9. The van der Waals surface area contributed by atoms with Gasteiger partial charge in [-0.3, -0.25) is 0 Å². The number of hydrogen-bond acceptors (Lipinski definition) is 5. The van der Waals surface area contributed by atoms with Crippen molar-refractivity contribution in [1.29, 1.82) is 0 Å². The predicted molar refractivity (Wildman–Crippen MR) is 130 cm³/mol. The van der Waals surface area contributed by atoms with E-state index < -0.39 is 0 Å². The van der Waals surface area contributed by atoms with Crippen molar-refractivity contribution < 1.29 is 4.74 Å². The molecule has 33 heavy (non-hydrogen) atoms. The zero-order valence-corrected chi connectivity index (χ0v) is 18.4. The zero-order valence-electron chi connectivity index (χ0n) is 17.6. The molecule has 0 atom stereocenters. The number of H-pyrrole nitrogens is 1. The molecule has 0 radical (unpaired) electrons. The summed E-state index contributed by atoms with van der Waals surface area (Å²) in [4.78, 5) is 4.66. The second-order valence-corrected chi connectivity index (χ2v) is 7.97. The van der Waals surface area contributed by atoms with Crippen molar-refractivity contribution in [2.75, 3.05) is 0 Å². The van der Waals surface area contributed by atoms with Crippen LogP contribution in [0.2, 0.25) is 5.02 Å². The Balaban J connectivity index is 1.23. The highest BCUT2D eigenvalue weighted by atomic mass is 35.5. The SMILES string of the molecule is Clc1ccc2ccc(C=Cc3ccc(OCc4ccccc4Cc4nn[nH]n4)cc3)nc2c1. The summed E-state index contributed by atoms with van der Waals surface area (Å²) in [5, 5.41) is 15.9.